The second kappa shape index (κ2) is 5.94. The number of nitrogens with zero attached hydrogens (tertiary/aromatic N) is 1. The highest BCUT2D eigenvalue weighted by atomic mass is 79.9. The molecular formula is C15H13BrN2OS2. The van der Waals surface area contributed by atoms with Gasteiger partial charge in [-0.2, -0.15) is 0 Å². The van der Waals surface area contributed by atoms with Gasteiger partial charge in [-0.05, 0) is 40.9 Å². The second-order valence-corrected chi connectivity index (χ2v) is 7.12. The minimum absolute atomic E-state index is 0.00953. The van der Waals surface area contributed by atoms with Gasteiger partial charge in [0.15, 0.2) is 5.11 Å². The van der Waals surface area contributed by atoms with Crippen molar-refractivity contribution in [2.45, 2.75) is 5.37 Å². The number of hydrogen-bond acceptors (Lipinski definition) is 3. The van der Waals surface area contributed by atoms with E-state index < -0.39 is 0 Å². The molecule has 6 heteroatoms. The summed E-state index contributed by atoms with van der Waals surface area (Å²) in [6, 6.07) is 8.02. The highest BCUT2D eigenvalue weighted by molar-refractivity contribution is 9.10. The first-order chi connectivity index (χ1) is 10.1. The molecule has 21 heavy (non-hydrogen) atoms. The van der Waals surface area contributed by atoms with Crippen LogP contribution in [0.15, 0.2) is 46.8 Å². The van der Waals surface area contributed by atoms with E-state index in [9.17, 15) is 4.79 Å². The van der Waals surface area contributed by atoms with Crippen LogP contribution in [0, 0.1) is 5.92 Å². The van der Waals surface area contributed by atoms with Crippen molar-refractivity contribution in [2.75, 3.05) is 6.54 Å². The van der Waals surface area contributed by atoms with Crippen molar-refractivity contribution in [3.63, 3.8) is 0 Å². The lowest BCUT2D eigenvalue weighted by Crippen LogP contribution is -2.57. The maximum absolute atomic E-state index is 12.7. The maximum atomic E-state index is 12.7. The number of benzene rings is 1. The second-order valence-electron chi connectivity index (χ2n) is 4.80. The van der Waals surface area contributed by atoms with Gasteiger partial charge in [0.1, 0.15) is 0 Å². The van der Waals surface area contributed by atoms with E-state index in [0.717, 1.165) is 15.6 Å². The average molecular weight is 381 g/mol. The first-order valence-corrected chi connectivity index (χ1v) is 8.60. The molecular weight excluding hydrogens is 368 g/mol. The SMILES string of the molecule is C=CCN1C(=O)C2C(c3ccc(Br)cc3)=CSC2NC1=S. The number of rotatable bonds is 3. The topological polar surface area (TPSA) is 32.3 Å². The molecule has 2 heterocycles. The third-order valence-corrected chi connectivity index (χ3v) is 5.45. The van der Waals surface area contributed by atoms with Crippen LogP contribution in [0.3, 0.4) is 0 Å². The Hall–Kier alpha value is -1.11. The predicted molar refractivity (Wildman–Crippen MR) is 94.6 cm³/mol. The zero-order valence-electron chi connectivity index (χ0n) is 11.1. The molecule has 1 fully saturated rings. The molecule has 3 rings (SSSR count). The Morgan fingerprint density at radius 2 is 2.14 bits per heavy atom. The van der Waals surface area contributed by atoms with E-state index in [2.05, 4.69) is 33.2 Å². The molecule has 2 unspecified atom stereocenters. The Balaban J connectivity index is 1.92. The molecule has 1 amide bonds. The van der Waals surface area contributed by atoms with E-state index in [0.29, 0.717) is 11.7 Å². The Bertz CT molecular complexity index is 642. The number of thiocarbonyl (C=S) groups is 1. The molecule has 0 bridgehead atoms. The molecule has 0 spiro atoms. The fraction of sp³-hybridized carbons (Fsp3) is 0.200. The molecule has 0 radical (unpaired) electrons. The molecule has 108 valence electrons. The molecule has 2 aliphatic heterocycles. The Morgan fingerprint density at radius 3 is 2.81 bits per heavy atom. The van der Waals surface area contributed by atoms with Crippen LogP contribution >= 0.6 is 39.9 Å². The average Bonchev–Trinajstić information content (AvgIpc) is 2.88. The fourth-order valence-corrected chi connectivity index (χ4v) is 4.31. The lowest BCUT2D eigenvalue weighted by molar-refractivity contribution is -0.130. The van der Waals surface area contributed by atoms with E-state index in [1.165, 1.54) is 0 Å². The number of hydrogen-bond donors (Lipinski definition) is 1. The van der Waals surface area contributed by atoms with Gasteiger partial charge in [0.25, 0.3) is 0 Å². The summed E-state index contributed by atoms with van der Waals surface area (Å²) in [5.74, 6) is -0.161. The smallest absolute Gasteiger partial charge is 0.239 e. The number of halogens is 1. The highest BCUT2D eigenvalue weighted by Gasteiger charge is 2.44. The lowest BCUT2D eigenvalue weighted by atomic mass is 9.91. The fourth-order valence-electron chi connectivity index (χ4n) is 2.50. The van der Waals surface area contributed by atoms with Crippen molar-refractivity contribution in [1.29, 1.82) is 0 Å². The molecule has 2 aliphatic rings. The minimum Gasteiger partial charge on any atom is -0.349 e. The van der Waals surface area contributed by atoms with Crippen molar-refractivity contribution in [2.24, 2.45) is 5.92 Å². The molecule has 0 aliphatic carbocycles. The van der Waals surface area contributed by atoms with Gasteiger partial charge in [0.2, 0.25) is 5.91 Å². The van der Waals surface area contributed by atoms with Crippen molar-refractivity contribution in [3.8, 4) is 0 Å². The van der Waals surface area contributed by atoms with E-state index >= 15 is 0 Å². The van der Waals surface area contributed by atoms with E-state index in [1.54, 1.807) is 22.7 Å². The van der Waals surface area contributed by atoms with Gasteiger partial charge in [-0.15, -0.1) is 18.3 Å². The molecule has 1 aromatic rings. The highest BCUT2D eigenvalue weighted by Crippen LogP contribution is 2.43. The van der Waals surface area contributed by atoms with Gasteiger partial charge in [-0.1, -0.05) is 34.1 Å². The van der Waals surface area contributed by atoms with Crippen molar-refractivity contribution < 1.29 is 4.79 Å². The third-order valence-electron chi connectivity index (χ3n) is 3.51. The van der Waals surface area contributed by atoms with Crippen LogP contribution in [0.5, 0.6) is 0 Å². The summed E-state index contributed by atoms with van der Waals surface area (Å²) in [5, 5.41) is 5.78. The molecule has 1 saturated heterocycles. The maximum Gasteiger partial charge on any atom is 0.239 e. The first kappa shape index (κ1) is 14.8. The standard InChI is InChI=1S/C15H13BrN2OS2/c1-2-7-18-14(19)12-11(8-21-13(12)17-15(18)20)9-3-5-10(16)6-4-9/h2-6,8,12-13H,1,7H2,(H,17,20). The Kier molecular flexibility index (Phi) is 4.19. The Morgan fingerprint density at radius 1 is 1.43 bits per heavy atom. The number of carbonyl (C=O) groups is 1. The van der Waals surface area contributed by atoms with Crippen molar-refractivity contribution >= 4 is 56.5 Å². The molecule has 0 aromatic heterocycles. The largest absolute Gasteiger partial charge is 0.349 e. The van der Waals surface area contributed by atoms with Gasteiger partial charge in [-0.25, -0.2) is 0 Å². The molecule has 0 saturated carbocycles. The minimum atomic E-state index is -0.206. The normalized spacial score (nSPS) is 24.4. The lowest BCUT2D eigenvalue weighted by Gasteiger charge is -2.36. The number of amides is 1. The van der Waals surface area contributed by atoms with Crippen LogP contribution in [-0.4, -0.2) is 27.8 Å². The predicted octanol–water partition coefficient (Wildman–Crippen LogP) is 3.38. The molecule has 1 N–H and O–H groups in total. The Labute approximate surface area is 141 Å². The van der Waals surface area contributed by atoms with Gasteiger partial charge in [0.05, 0.1) is 11.3 Å². The third kappa shape index (κ3) is 2.67. The van der Waals surface area contributed by atoms with E-state index in [4.69, 9.17) is 12.2 Å². The van der Waals surface area contributed by atoms with E-state index in [-0.39, 0.29) is 17.2 Å². The van der Waals surface area contributed by atoms with Crippen LogP contribution in [-0.2, 0) is 4.79 Å². The van der Waals surface area contributed by atoms with Gasteiger partial charge in [0, 0.05) is 11.0 Å². The zero-order chi connectivity index (χ0) is 15.0. The molecule has 3 nitrogen and oxygen atoms in total. The summed E-state index contributed by atoms with van der Waals surface area (Å²) < 4.78 is 1.02. The number of thioether (sulfide) groups is 1. The van der Waals surface area contributed by atoms with Crippen LogP contribution < -0.4 is 5.32 Å². The monoisotopic (exact) mass is 380 g/mol. The quantitative estimate of drug-likeness (QED) is 0.643. The summed E-state index contributed by atoms with van der Waals surface area (Å²) in [5.41, 5.74) is 2.12. The van der Waals surface area contributed by atoms with Crippen LogP contribution in [0.1, 0.15) is 5.56 Å². The van der Waals surface area contributed by atoms with Crippen LogP contribution in [0.4, 0.5) is 0 Å². The summed E-state index contributed by atoms with van der Waals surface area (Å²) in [4.78, 5) is 14.3. The number of carbonyl (C=O) groups excluding carboxylic acids is 1. The first-order valence-electron chi connectivity index (χ1n) is 6.46. The zero-order valence-corrected chi connectivity index (χ0v) is 14.3. The molecule has 1 aromatic carbocycles. The van der Waals surface area contributed by atoms with Gasteiger partial charge in [-0.3, -0.25) is 9.69 Å². The molecule has 2 atom stereocenters. The summed E-state index contributed by atoms with van der Waals surface area (Å²) in [7, 11) is 0. The van der Waals surface area contributed by atoms with Crippen molar-refractivity contribution in [1.82, 2.24) is 10.2 Å². The number of fused-ring (bicyclic) bond motifs is 1. The summed E-state index contributed by atoms with van der Waals surface area (Å²) in [6.45, 7) is 4.13. The van der Waals surface area contributed by atoms with E-state index in [1.807, 2.05) is 24.3 Å². The number of nitrogens with one attached hydrogen (secondary N) is 1. The van der Waals surface area contributed by atoms with Gasteiger partial charge >= 0.3 is 0 Å². The van der Waals surface area contributed by atoms with Crippen LogP contribution in [0.2, 0.25) is 0 Å². The summed E-state index contributed by atoms with van der Waals surface area (Å²) >= 11 is 10.3. The van der Waals surface area contributed by atoms with Crippen molar-refractivity contribution in [3.05, 3.63) is 52.4 Å². The summed E-state index contributed by atoms with van der Waals surface area (Å²) in [6.07, 6.45) is 1.69. The van der Waals surface area contributed by atoms with Crippen LogP contribution in [0.25, 0.3) is 5.57 Å². The van der Waals surface area contributed by atoms with Gasteiger partial charge < -0.3 is 5.32 Å².